The first kappa shape index (κ1) is 22.0. The third kappa shape index (κ3) is 5.18. The molecule has 1 amide bonds. The van der Waals surface area contributed by atoms with Crippen molar-refractivity contribution in [2.24, 2.45) is 5.73 Å². The number of nitrogens with two attached hydrogens (primary N) is 1. The second kappa shape index (κ2) is 9.96. The number of aromatic nitrogens is 2. The van der Waals surface area contributed by atoms with Gasteiger partial charge >= 0.3 is 0 Å². The highest BCUT2D eigenvalue weighted by Gasteiger charge is 2.22. The Kier molecular flexibility index (Phi) is 6.64. The van der Waals surface area contributed by atoms with Crippen LogP contribution in [0.1, 0.15) is 40.3 Å². The van der Waals surface area contributed by atoms with Crippen molar-refractivity contribution in [3.8, 4) is 11.3 Å². The maximum atomic E-state index is 13.0. The Bertz CT molecular complexity index is 1230. The summed E-state index contributed by atoms with van der Waals surface area (Å²) >= 11 is 0. The van der Waals surface area contributed by atoms with Crippen LogP contribution < -0.4 is 11.1 Å². The van der Waals surface area contributed by atoms with Crippen LogP contribution in [0.2, 0.25) is 0 Å². The fraction of sp³-hybridized carbons (Fsp3) is 0.148. The van der Waals surface area contributed by atoms with E-state index < -0.39 is 0 Å². The molecule has 4 N–H and O–H groups in total. The summed E-state index contributed by atoms with van der Waals surface area (Å²) in [5.74, 6) is 0.707. The van der Waals surface area contributed by atoms with Gasteiger partial charge in [0.2, 0.25) is 0 Å². The number of benzene rings is 3. The summed E-state index contributed by atoms with van der Waals surface area (Å²) in [6.45, 7) is 2.78. The number of carbonyl (C=O) groups excluding carboxylic acids is 1. The quantitative estimate of drug-likeness (QED) is 0.278. The molecular weight excluding hydrogens is 410 g/mol. The van der Waals surface area contributed by atoms with Crippen LogP contribution in [0, 0.1) is 5.41 Å². The lowest BCUT2D eigenvalue weighted by atomic mass is 10.0. The minimum atomic E-state index is -0.301. The molecule has 0 saturated heterocycles. The first-order chi connectivity index (χ1) is 16.0. The SMILES string of the molecule is CCn1cc(-c2ccc(C(=N)N)cc2)nc1C(Cc1ccccc1)NC(=O)c1ccccc1. The number of nitrogens with zero attached hydrogens (tertiary/aromatic N) is 2. The number of amidine groups is 1. The molecule has 1 heterocycles. The Morgan fingerprint density at radius 2 is 1.61 bits per heavy atom. The predicted molar refractivity (Wildman–Crippen MR) is 131 cm³/mol. The number of amides is 1. The van der Waals surface area contributed by atoms with Gasteiger partial charge in [0.1, 0.15) is 11.7 Å². The van der Waals surface area contributed by atoms with Crippen molar-refractivity contribution in [1.82, 2.24) is 14.9 Å². The largest absolute Gasteiger partial charge is 0.384 e. The zero-order valence-electron chi connectivity index (χ0n) is 18.5. The van der Waals surface area contributed by atoms with E-state index in [-0.39, 0.29) is 17.8 Å². The number of nitrogens with one attached hydrogen (secondary N) is 2. The fourth-order valence-electron chi connectivity index (χ4n) is 3.81. The van der Waals surface area contributed by atoms with Crippen molar-refractivity contribution in [3.05, 3.63) is 114 Å². The van der Waals surface area contributed by atoms with Gasteiger partial charge in [-0.15, -0.1) is 0 Å². The molecule has 4 aromatic rings. The van der Waals surface area contributed by atoms with E-state index in [1.54, 1.807) is 0 Å². The molecule has 0 saturated carbocycles. The van der Waals surface area contributed by atoms with Crippen LogP contribution in [0.3, 0.4) is 0 Å². The Labute approximate surface area is 193 Å². The summed E-state index contributed by atoms with van der Waals surface area (Å²) in [7, 11) is 0. The summed E-state index contributed by atoms with van der Waals surface area (Å²) in [6.07, 6.45) is 2.63. The maximum absolute atomic E-state index is 13.0. The molecule has 6 nitrogen and oxygen atoms in total. The van der Waals surface area contributed by atoms with Crippen LogP contribution in [0.25, 0.3) is 11.3 Å². The number of hydrogen-bond acceptors (Lipinski definition) is 3. The van der Waals surface area contributed by atoms with E-state index in [9.17, 15) is 4.79 Å². The summed E-state index contributed by atoms with van der Waals surface area (Å²) in [6, 6.07) is 26.5. The van der Waals surface area contributed by atoms with Gasteiger partial charge < -0.3 is 15.6 Å². The number of aryl methyl sites for hydroxylation is 1. The molecule has 0 radical (unpaired) electrons. The van der Waals surface area contributed by atoms with Gasteiger partial charge in [-0.2, -0.15) is 0 Å². The highest BCUT2D eigenvalue weighted by molar-refractivity contribution is 5.95. The molecule has 4 rings (SSSR count). The molecule has 0 aliphatic rings. The van der Waals surface area contributed by atoms with Gasteiger partial charge in [0.15, 0.2) is 0 Å². The third-order valence-corrected chi connectivity index (χ3v) is 5.58. The van der Waals surface area contributed by atoms with E-state index in [0.717, 1.165) is 29.2 Å². The molecule has 0 bridgehead atoms. The van der Waals surface area contributed by atoms with E-state index in [4.69, 9.17) is 16.1 Å². The average Bonchev–Trinajstić information content (AvgIpc) is 3.29. The Morgan fingerprint density at radius 3 is 2.21 bits per heavy atom. The van der Waals surface area contributed by atoms with Crippen LogP contribution in [0.4, 0.5) is 0 Å². The van der Waals surface area contributed by atoms with Crippen LogP contribution in [-0.4, -0.2) is 21.3 Å². The van der Waals surface area contributed by atoms with Crippen LogP contribution in [0.15, 0.2) is 91.1 Å². The standard InChI is InChI=1S/C27H27N5O/c1-2-32-18-24(20-13-15-21(16-14-20)25(28)29)30-26(32)23(17-19-9-5-3-6-10-19)31-27(33)22-11-7-4-8-12-22/h3-16,18,23H,2,17H2,1H3,(H3,28,29)(H,31,33). The summed E-state index contributed by atoms with van der Waals surface area (Å²) < 4.78 is 2.08. The molecule has 0 aliphatic carbocycles. The normalized spacial score (nSPS) is 11.7. The Hall–Kier alpha value is -4.19. The minimum Gasteiger partial charge on any atom is -0.384 e. The molecule has 166 valence electrons. The molecule has 3 aromatic carbocycles. The van der Waals surface area contributed by atoms with Crippen molar-refractivity contribution in [3.63, 3.8) is 0 Å². The van der Waals surface area contributed by atoms with Gasteiger partial charge in [0.25, 0.3) is 5.91 Å². The van der Waals surface area contributed by atoms with Crippen molar-refractivity contribution < 1.29 is 4.79 Å². The molecule has 1 atom stereocenters. The Balaban J connectivity index is 1.69. The van der Waals surface area contributed by atoms with Crippen LogP contribution >= 0.6 is 0 Å². The molecule has 0 spiro atoms. The number of imidazole rings is 1. The average molecular weight is 438 g/mol. The van der Waals surface area contributed by atoms with E-state index >= 15 is 0 Å². The lowest BCUT2D eigenvalue weighted by molar-refractivity contribution is 0.0934. The Morgan fingerprint density at radius 1 is 0.970 bits per heavy atom. The smallest absolute Gasteiger partial charge is 0.251 e. The number of carbonyl (C=O) groups is 1. The van der Waals surface area contributed by atoms with Gasteiger partial charge in [0, 0.05) is 29.4 Å². The minimum absolute atomic E-state index is 0.0351. The fourth-order valence-corrected chi connectivity index (χ4v) is 3.81. The summed E-state index contributed by atoms with van der Waals surface area (Å²) in [4.78, 5) is 17.9. The molecule has 6 heteroatoms. The molecule has 1 aromatic heterocycles. The summed E-state index contributed by atoms with van der Waals surface area (Å²) in [5.41, 5.74) is 9.74. The van der Waals surface area contributed by atoms with Gasteiger partial charge in [-0.1, -0.05) is 72.8 Å². The topological polar surface area (TPSA) is 96.8 Å². The van der Waals surface area contributed by atoms with Crippen molar-refractivity contribution in [2.75, 3.05) is 0 Å². The lowest BCUT2D eigenvalue weighted by Crippen LogP contribution is -2.32. The molecule has 0 aliphatic heterocycles. The molecule has 1 unspecified atom stereocenters. The van der Waals surface area contributed by atoms with E-state index in [1.807, 2.05) is 79.0 Å². The highest BCUT2D eigenvalue weighted by Crippen LogP contribution is 2.25. The molecule has 33 heavy (non-hydrogen) atoms. The maximum Gasteiger partial charge on any atom is 0.251 e. The van der Waals surface area contributed by atoms with Gasteiger partial charge in [0.05, 0.1) is 11.7 Å². The third-order valence-electron chi connectivity index (χ3n) is 5.58. The van der Waals surface area contributed by atoms with Gasteiger partial charge in [-0.05, 0) is 31.0 Å². The van der Waals surface area contributed by atoms with E-state index in [0.29, 0.717) is 17.5 Å². The zero-order valence-corrected chi connectivity index (χ0v) is 18.5. The lowest BCUT2D eigenvalue weighted by Gasteiger charge is -2.20. The predicted octanol–water partition coefficient (Wildman–Crippen LogP) is 4.57. The number of hydrogen-bond donors (Lipinski definition) is 3. The first-order valence-corrected chi connectivity index (χ1v) is 11.0. The van der Waals surface area contributed by atoms with E-state index in [1.165, 1.54) is 0 Å². The number of rotatable bonds is 8. The highest BCUT2D eigenvalue weighted by atomic mass is 16.1. The monoisotopic (exact) mass is 437 g/mol. The number of nitrogen functional groups attached to an aromatic ring is 1. The van der Waals surface area contributed by atoms with Gasteiger partial charge in [-0.3, -0.25) is 10.2 Å². The second-order valence-corrected chi connectivity index (χ2v) is 7.84. The second-order valence-electron chi connectivity index (χ2n) is 7.84. The van der Waals surface area contributed by atoms with Crippen molar-refractivity contribution in [1.29, 1.82) is 5.41 Å². The van der Waals surface area contributed by atoms with Crippen LogP contribution in [-0.2, 0) is 13.0 Å². The van der Waals surface area contributed by atoms with Crippen molar-refractivity contribution in [2.45, 2.75) is 25.9 Å². The van der Waals surface area contributed by atoms with Crippen molar-refractivity contribution >= 4 is 11.7 Å². The summed E-state index contributed by atoms with van der Waals surface area (Å²) in [5, 5.41) is 10.8. The van der Waals surface area contributed by atoms with Gasteiger partial charge in [-0.25, -0.2) is 4.98 Å². The zero-order chi connectivity index (χ0) is 23.2. The molecule has 0 fully saturated rings. The van der Waals surface area contributed by atoms with E-state index in [2.05, 4.69) is 28.9 Å². The van der Waals surface area contributed by atoms with Crippen LogP contribution in [0.5, 0.6) is 0 Å². The first-order valence-electron chi connectivity index (χ1n) is 11.0. The molecular formula is C27H27N5O.